The van der Waals surface area contributed by atoms with Gasteiger partial charge in [-0.1, -0.05) is 23.2 Å². The van der Waals surface area contributed by atoms with Crippen molar-refractivity contribution in [1.29, 1.82) is 0 Å². The Kier molecular flexibility index (Phi) is 5.31. The molecule has 2 amide bonds. The summed E-state index contributed by atoms with van der Waals surface area (Å²) in [6.07, 6.45) is 2.05. The number of rotatable bonds is 6. The fourth-order valence-electron chi connectivity index (χ4n) is 1.74. The van der Waals surface area contributed by atoms with Crippen LogP contribution in [0.1, 0.15) is 12.8 Å². The summed E-state index contributed by atoms with van der Waals surface area (Å²) in [6, 6.07) is 5.27. The van der Waals surface area contributed by atoms with Crippen LogP contribution < -0.4 is 10.6 Å². The van der Waals surface area contributed by atoms with Crippen LogP contribution in [-0.4, -0.2) is 42.9 Å². The van der Waals surface area contributed by atoms with Crippen molar-refractivity contribution in [2.24, 2.45) is 0 Å². The number of anilines is 1. The van der Waals surface area contributed by atoms with Crippen LogP contribution in [0, 0.1) is 0 Å². The molecular formula is C14H17Cl2N3O2. The van der Waals surface area contributed by atoms with Crippen LogP contribution in [0.25, 0.3) is 0 Å². The highest BCUT2D eigenvalue weighted by Crippen LogP contribution is 2.25. The molecule has 0 bridgehead atoms. The van der Waals surface area contributed by atoms with Gasteiger partial charge in [-0.3, -0.25) is 9.59 Å². The van der Waals surface area contributed by atoms with E-state index >= 15 is 0 Å². The normalized spacial score (nSPS) is 13.7. The Morgan fingerprint density at radius 2 is 2.05 bits per heavy atom. The van der Waals surface area contributed by atoms with Crippen molar-refractivity contribution < 1.29 is 9.59 Å². The van der Waals surface area contributed by atoms with Gasteiger partial charge < -0.3 is 15.5 Å². The Hall–Kier alpha value is -1.46. The van der Waals surface area contributed by atoms with E-state index in [-0.39, 0.29) is 24.9 Å². The third-order valence-corrected chi connectivity index (χ3v) is 3.67. The van der Waals surface area contributed by atoms with Crippen molar-refractivity contribution in [3.8, 4) is 0 Å². The predicted molar refractivity (Wildman–Crippen MR) is 83.8 cm³/mol. The maximum atomic E-state index is 12.0. The summed E-state index contributed by atoms with van der Waals surface area (Å²) >= 11 is 11.9. The fourth-order valence-corrected chi connectivity index (χ4v) is 2.10. The van der Waals surface area contributed by atoms with E-state index in [1.54, 1.807) is 25.2 Å². The second-order valence-electron chi connectivity index (χ2n) is 5.07. The second kappa shape index (κ2) is 7.00. The number of amides is 2. The molecule has 2 N–H and O–H groups in total. The Balaban J connectivity index is 1.79. The molecule has 2 rings (SSSR count). The molecule has 7 heteroatoms. The lowest BCUT2D eigenvalue weighted by atomic mass is 10.3. The van der Waals surface area contributed by atoms with E-state index in [9.17, 15) is 9.59 Å². The van der Waals surface area contributed by atoms with Crippen molar-refractivity contribution in [2.45, 2.75) is 18.9 Å². The average molecular weight is 330 g/mol. The molecule has 0 radical (unpaired) electrons. The molecule has 1 aliphatic carbocycles. The summed E-state index contributed by atoms with van der Waals surface area (Å²) in [5, 5.41) is 6.78. The molecule has 1 aromatic carbocycles. The minimum Gasteiger partial charge on any atom is -0.375 e. The maximum absolute atomic E-state index is 12.0. The monoisotopic (exact) mass is 329 g/mol. The topological polar surface area (TPSA) is 61.4 Å². The summed E-state index contributed by atoms with van der Waals surface area (Å²) < 4.78 is 0. The molecule has 0 heterocycles. The first-order valence-electron chi connectivity index (χ1n) is 6.68. The van der Waals surface area contributed by atoms with Gasteiger partial charge in [-0.15, -0.1) is 0 Å². The summed E-state index contributed by atoms with van der Waals surface area (Å²) in [4.78, 5) is 25.0. The predicted octanol–water partition coefficient (Wildman–Crippen LogP) is 2.14. The average Bonchev–Trinajstić information content (AvgIpc) is 3.23. The van der Waals surface area contributed by atoms with Gasteiger partial charge >= 0.3 is 0 Å². The highest BCUT2D eigenvalue weighted by Gasteiger charge is 2.24. The molecule has 0 unspecified atom stereocenters. The molecule has 1 saturated carbocycles. The van der Waals surface area contributed by atoms with Gasteiger partial charge in [-0.05, 0) is 31.0 Å². The molecule has 0 aliphatic heterocycles. The van der Waals surface area contributed by atoms with Crippen LogP contribution in [0.15, 0.2) is 18.2 Å². The first-order valence-corrected chi connectivity index (χ1v) is 7.43. The fraction of sp³-hybridized carbons (Fsp3) is 0.429. The Bertz CT molecular complexity index is 547. The van der Waals surface area contributed by atoms with Gasteiger partial charge in [0.1, 0.15) is 0 Å². The van der Waals surface area contributed by atoms with Gasteiger partial charge in [0.25, 0.3) is 0 Å². The van der Waals surface area contributed by atoms with Crippen LogP contribution in [0.2, 0.25) is 10.0 Å². The van der Waals surface area contributed by atoms with Crippen molar-refractivity contribution >= 4 is 40.7 Å². The summed E-state index contributed by atoms with van der Waals surface area (Å²) in [5.41, 5.74) is 0.591. The molecule has 0 saturated heterocycles. The summed E-state index contributed by atoms with van der Waals surface area (Å²) in [6.45, 7) is 0.105. The van der Waals surface area contributed by atoms with Gasteiger partial charge in [-0.2, -0.15) is 0 Å². The number of nitrogens with zero attached hydrogens (tertiary/aromatic N) is 1. The zero-order valence-electron chi connectivity index (χ0n) is 11.7. The smallest absolute Gasteiger partial charge is 0.242 e. The van der Waals surface area contributed by atoms with Crippen molar-refractivity contribution in [2.75, 3.05) is 25.5 Å². The molecule has 0 aromatic heterocycles. The zero-order chi connectivity index (χ0) is 15.4. The zero-order valence-corrected chi connectivity index (χ0v) is 13.2. The lowest BCUT2D eigenvalue weighted by Gasteiger charge is -2.17. The highest BCUT2D eigenvalue weighted by molar-refractivity contribution is 6.35. The van der Waals surface area contributed by atoms with Crippen molar-refractivity contribution in [3.05, 3.63) is 28.2 Å². The lowest BCUT2D eigenvalue weighted by Crippen LogP contribution is -2.41. The van der Waals surface area contributed by atoms with E-state index in [1.807, 2.05) is 0 Å². The molecular weight excluding hydrogens is 313 g/mol. The van der Waals surface area contributed by atoms with Crippen LogP contribution >= 0.6 is 23.2 Å². The molecule has 1 fully saturated rings. The SMILES string of the molecule is CN(CC(=O)NC1CC1)C(=O)CNc1cc(Cl)ccc1Cl. The number of hydrogen-bond donors (Lipinski definition) is 2. The molecule has 1 aliphatic rings. The molecule has 114 valence electrons. The van der Waals surface area contributed by atoms with Gasteiger partial charge in [0.2, 0.25) is 11.8 Å². The van der Waals surface area contributed by atoms with E-state index in [0.717, 1.165) is 12.8 Å². The number of nitrogens with one attached hydrogen (secondary N) is 2. The third-order valence-electron chi connectivity index (χ3n) is 3.11. The van der Waals surface area contributed by atoms with Crippen LogP contribution in [0.3, 0.4) is 0 Å². The van der Waals surface area contributed by atoms with Crippen LogP contribution in [0.5, 0.6) is 0 Å². The lowest BCUT2D eigenvalue weighted by molar-refractivity contribution is -0.133. The molecule has 0 atom stereocenters. The first kappa shape index (κ1) is 15.9. The number of halogens is 2. The number of likely N-dealkylation sites (N-methyl/N-ethyl adjacent to an activating group) is 1. The van der Waals surface area contributed by atoms with E-state index < -0.39 is 0 Å². The minimum atomic E-state index is -0.197. The standard InChI is InChI=1S/C14H17Cl2N3O2/c1-19(8-13(20)18-10-3-4-10)14(21)7-17-12-6-9(15)2-5-11(12)16/h2,5-6,10,17H,3-4,7-8H2,1H3,(H,18,20). The number of carbonyl (C=O) groups excluding carboxylic acids is 2. The largest absolute Gasteiger partial charge is 0.375 e. The van der Waals surface area contributed by atoms with Gasteiger partial charge in [-0.25, -0.2) is 0 Å². The Labute approximate surface area is 133 Å². The van der Waals surface area contributed by atoms with Crippen LogP contribution in [0.4, 0.5) is 5.69 Å². The molecule has 1 aromatic rings. The van der Waals surface area contributed by atoms with Crippen LogP contribution in [-0.2, 0) is 9.59 Å². The minimum absolute atomic E-state index is 0.0489. The van der Waals surface area contributed by atoms with Crippen molar-refractivity contribution in [1.82, 2.24) is 10.2 Å². The molecule has 21 heavy (non-hydrogen) atoms. The van der Waals surface area contributed by atoms with E-state index in [1.165, 1.54) is 4.90 Å². The van der Waals surface area contributed by atoms with Gasteiger partial charge in [0.15, 0.2) is 0 Å². The Morgan fingerprint density at radius 3 is 2.71 bits per heavy atom. The van der Waals surface area contributed by atoms with Gasteiger partial charge in [0.05, 0.1) is 23.8 Å². The van der Waals surface area contributed by atoms with E-state index in [2.05, 4.69) is 10.6 Å². The summed E-state index contributed by atoms with van der Waals surface area (Å²) in [5.74, 6) is -0.328. The summed E-state index contributed by atoms with van der Waals surface area (Å²) in [7, 11) is 1.59. The first-order chi connectivity index (χ1) is 9.95. The molecule has 5 nitrogen and oxygen atoms in total. The van der Waals surface area contributed by atoms with Gasteiger partial charge in [0, 0.05) is 18.1 Å². The Morgan fingerprint density at radius 1 is 1.33 bits per heavy atom. The van der Waals surface area contributed by atoms with Crippen molar-refractivity contribution in [3.63, 3.8) is 0 Å². The maximum Gasteiger partial charge on any atom is 0.242 e. The number of benzene rings is 1. The second-order valence-corrected chi connectivity index (χ2v) is 5.91. The number of hydrogen-bond acceptors (Lipinski definition) is 3. The molecule has 0 spiro atoms. The quantitative estimate of drug-likeness (QED) is 0.840. The number of carbonyl (C=O) groups is 2. The third kappa shape index (κ3) is 5.10. The van der Waals surface area contributed by atoms with E-state index in [0.29, 0.717) is 21.8 Å². The highest BCUT2D eigenvalue weighted by atomic mass is 35.5. The van der Waals surface area contributed by atoms with E-state index in [4.69, 9.17) is 23.2 Å².